The summed E-state index contributed by atoms with van der Waals surface area (Å²) < 4.78 is 13.3. The molecule has 0 atom stereocenters. The molecule has 0 spiro atoms. The van der Waals surface area contributed by atoms with Crippen LogP contribution in [0.4, 0.5) is 0 Å². The van der Waals surface area contributed by atoms with Crippen LogP contribution < -0.4 is 0 Å². The lowest BCUT2D eigenvalue weighted by Crippen LogP contribution is -2.00. The van der Waals surface area contributed by atoms with Crippen molar-refractivity contribution in [2.45, 2.75) is 0 Å². The fourth-order valence-electron chi connectivity index (χ4n) is 9.01. The molecule has 0 saturated heterocycles. The molecule has 4 nitrogen and oxygen atoms in total. The molecule has 60 heavy (non-hydrogen) atoms. The lowest BCUT2D eigenvalue weighted by molar-refractivity contribution is 0.669. The minimum atomic E-state index is 0.606. The molecule has 3 aromatic heterocycles. The largest absolute Gasteiger partial charge is 0.455 e. The highest BCUT2D eigenvalue weighted by molar-refractivity contribution is 6.12. The Balaban J connectivity index is 1.18. The van der Waals surface area contributed by atoms with Gasteiger partial charge in [-0.3, -0.25) is 0 Å². The van der Waals surface area contributed by atoms with E-state index >= 15 is 0 Å². The van der Waals surface area contributed by atoms with Crippen molar-refractivity contribution in [3.63, 3.8) is 0 Å². The van der Waals surface area contributed by atoms with E-state index in [9.17, 15) is 0 Å². The first-order valence-electron chi connectivity index (χ1n) is 20.2. The molecule has 3 heterocycles. The number of hydrogen-bond donors (Lipinski definition) is 0. The molecule has 4 heteroatoms. The van der Waals surface area contributed by atoms with Crippen LogP contribution in [0.25, 0.3) is 122 Å². The van der Waals surface area contributed by atoms with Crippen molar-refractivity contribution in [3.8, 4) is 67.3 Å². The average Bonchev–Trinajstić information content (AvgIpc) is 3.90. The SMILES string of the molecule is c1ccc(-c2cccc(-c3ccc(-c4ccccc4)c4ccccc34)c2-c2nc(-c3cccc4c3oc3ccccc34)cc(-c3cccc4c3oc3ccccc34)n2)cc1. The molecule has 9 aromatic carbocycles. The monoisotopic (exact) mass is 766 g/mol. The lowest BCUT2D eigenvalue weighted by Gasteiger charge is -2.19. The third-order valence-electron chi connectivity index (χ3n) is 11.8. The standard InChI is InChI=1S/C56H34N2O2/c1-3-16-35(17-4-1)37-32-33-41(40-21-8-7-20-39(37)40)44-25-13-24-38(36-18-5-2-6-19-36)53(44)56-57-49(47-28-14-26-45-42-22-9-11-30-51(42)59-54(45)47)34-50(58-56)48-29-15-27-46-43-23-10-12-31-52(43)60-55(46)48/h1-34H. The molecule has 0 aliphatic carbocycles. The van der Waals surface area contributed by atoms with Gasteiger partial charge in [-0.15, -0.1) is 0 Å². The first-order valence-corrected chi connectivity index (χ1v) is 20.2. The molecule has 0 fully saturated rings. The van der Waals surface area contributed by atoms with Crippen molar-refractivity contribution in [3.05, 3.63) is 206 Å². The summed E-state index contributed by atoms with van der Waals surface area (Å²) in [5.74, 6) is 0.606. The Labute approximate surface area is 345 Å². The predicted octanol–water partition coefficient (Wildman–Crippen LogP) is 15.4. The van der Waals surface area contributed by atoms with Crippen LogP contribution in [0, 0.1) is 0 Å². The zero-order valence-corrected chi connectivity index (χ0v) is 32.3. The van der Waals surface area contributed by atoms with Gasteiger partial charge in [-0.2, -0.15) is 0 Å². The van der Waals surface area contributed by atoms with Crippen molar-refractivity contribution in [2.75, 3.05) is 0 Å². The summed E-state index contributed by atoms with van der Waals surface area (Å²) in [6, 6.07) is 72.0. The number of aromatic nitrogens is 2. The number of fused-ring (bicyclic) bond motifs is 7. The minimum Gasteiger partial charge on any atom is -0.455 e. The molecule has 0 bridgehead atoms. The van der Waals surface area contributed by atoms with Gasteiger partial charge >= 0.3 is 0 Å². The minimum absolute atomic E-state index is 0.606. The molecular formula is C56H34N2O2. The maximum Gasteiger partial charge on any atom is 0.161 e. The van der Waals surface area contributed by atoms with Crippen molar-refractivity contribution < 1.29 is 8.83 Å². The van der Waals surface area contributed by atoms with E-state index in [1.54, 1.807) is 0 Å². The maximum absolute atomic E-state index is 6.64. The van der Waals surface area contributed by atoms with Gasteiger partial charge in [-0.05, 0) is 74.5 Å². The third-order valence-corrected chi connectivity index (χ3v) is 11.8. The van der Waals surface area contributed by atoms with Gasteiger partial charge in [0.25, 0.3) is 0 Å². The van der Waals surface area contributed by atoms with E-state index in [1.165, 1.54) is 16.5 Å². The lowest BCUT2D eigenvalue weighted by atomic mass is 9.87. The van der Waals surface area contributed by atoms with E-state index in [1.807, 2.05) is 24.3 Å². The molecule has 0 aliphatic heterocycles. The fourth-order valence-corrected chi connectivity index (χ4v) is 9.01. The highest BCUT2D eigenvalue weighted by Crippen LogP contribution is 2.45. The Bertz CT molecular complexity index is 3470. The second kappa shape index (κ2) is 13.8. The zero-order valence-electron chi connectivity index (χ0n) is 32.3. The fraction of sp³-hybridized carbons (Fsp3) is 0. The molecule has 0 radical (unpaired) electrons. The summed E-state index contributed by atoms with van der Waals surface area (Å²) in [6.07, 6.45) is 0. The number of furan rings is 2. The molecule has 12 aromatic rings. The van der Waals surface area contributed by atoms with Crippen LogP contribution in [0.15, 0.2) is 215 Å². The third kappa shape index (κ3) is 5.46. The summed E-state index contributed by atoms with van der Waals surface area (Å²) in [5.41, 5.74) is 14.1. The summed E-state index contributed by atoms with van der Waals surface area (Å²) in [5, 5.41) is 6.55. The van der Waals surface area contributed by atoms with Gasteiger partial charge in [0.15, 0.2) is 5.82 Å². The number of rotatable bonds is 6. The normalized spacial score (nSPS) is 11.7. The van der Waals surface area contributed by atoms with Crippen LogP contribution in [-0.4, -0.2) is 9.97 Å². The molecule has 0 N–H and O–H groups in total. The number of nitrogens with zero attached hydrogens (tertiary/aromatic N) is 2. The highest BCUT2D eigenvalue weighted by Gasteiger charge is 2.23. The topological polar surface area (TPSA) is 52.1 Å². The Kier molecular flexibility index (Phi) is 7.82. The van der Waals surface area contributed by atoms with Gasteiger partial charge in [0, 0.05) is 38.2 Å². The molecule has 0 aliphatic rings. The van der Waals surface area contributed by atoms with Crippen molar-refractivity contribution in [2.24, 2.45) is 0 Å². The predicted molar refractivity (Wildman–Crippen MR) is 247 cm³/mol. The first kappa shape index (κ1) is 34.0. The van der Waals surface area contributed by atoms with Gasteiger partial charge in [-0.1, -0.05) is 176 Å². The molecule has 0 amide bonds. The van der Waals surface area contributed by atoms with E-state index in [-0.39, 0.29) is 0 Å². The van der Waals surface area contributed by atoms with Crippen LogP contribution in [-0.2, 0) is 0 Å². The molecule has 280 valence electrons. The zero-order chi connectivity index (χ0) is 39.6. The van der Waals surface area contributed by atoms with E-state index in [0.717, 1.165) is 99.6 Å². The van der Waals surface area contributed by atoms with Crippen molar-refractivity contribution in [1.29, 1.82) is 0 Å². The van der Waals surface area contributed by atoms with E-state index in [0.29, 0.717) is 5.82 Å². The van der Waals surface area contributed by atoms with Crippen molar-refractivity contribution >= 4 is 54.6 Å². The van der Waals surface area contributed by atoms with Gasteiger partial charge in [0.05, 0.1) is 11.4 Å². The highest BCUT2D eigenvalue weighted by atomic mass is 16.3. The Hall–Kier alpha value is -8.08. The average molecular weight is 767 g/mol. The Morgan fingerprint density at radius 3 is 1.28 bits per heavy atom. The second-order valence-corrected chi connectivity index (χ2v) is 15.2. The van der Waals surface area contributed by atoms with E-state index < -0.39 is 0 Å². The van der Waals surface area contributed by atoms with Gasteiger partial charge in [0.1, 0.15) is 22.3 Å². The summed E-state index contributed by atoms with van der Waals surface area (Å²) >= 11 is 0. The van der Waals surface area contributed by atoms with Crippen LogP contribution in [0.5, 0.6) is 0 Å². The molecule has 0 saturated carbocycles. The summed E-state index contributed by atoms with van der Waals surface area (Å²) in [4.78, 5) is 11.1. The van der Waals surface area contributed by atoms with E-state index in [4.69, 9.17) is 18.8 Å². The molecule has 0 unspecified atom stereocenters. The Morgan fingerprint density at radius 2 is 0.700 bits per heavy atom. The van der Waals surface area contributed by atoms with Crippen LogP contribution >= 0.6 is 0 Å². The number of benzene rings is 9. The Morgan fingerprint density at radius 1 is 0.283 bits per heavy atom. The quantitative estimate of drug-likeness (QED) is 0.169. The summed E-state index contributed by atoms with van der Waals surface area (Å²) in [7, 11) is 0. The second-order valence-electron chi connectivity index (χ2n) is 15.2. The summed E-state index contributed by atoms with van der Waals surface area (Å²) in [6.45, 7) is 0. The molecule has 12 rings (SSSR count). The van der Waals surface area contributed by atoms with Crippen LogP contribution in [0.1, 0.15) is 0 Å². The van der Waals surface area contributed by atoms with Gasteiger partial charge in [-0.25, -0.2) is 9.97 Å². The van der Waals surface area contributed by atoms with Crippen LogP contribution in [0.2, 0.25) is 0 Å². The maximum atomic E-state index is 6.64. The first-order chi connectivity index (χ1) is 29.8. The van der Waals surface area contributed by atoms with Crippen LogP contribution in [0.3, 0.4) is 0 Å². The molecular weight excluding hydrogens is 733 g/mol. The number of hydrogen-bond acceptors (Lipinski definition) is 4. The van der Waals surface area contributed by atoms with E-state index in [2.05, 4.69) is 182 Å². The smallest absolute Gasteiger partial charge is 0.161 e. The van der Waals surface area contributed by atoms with Gasteiger partial charge in [0.2, 0.25) is 0 Å². The number of para-hydroxylation sites is 4. The van der Waals surface area contributed by atoms with Crippen molar-refractivity contribution in [1.82, 2.24) is 9.97 Å². The van der Waals surface area contributed by atoms with Gasteiger partial charge < -0.3 is 8.83 Å².